The van der Waals surface area contributed by atoms with Gasteiger partial charge in [0.2, 0.25) is 0 Å². The van der Waals surface area contributed by atoms with Gasteiger partial charge in [-0.05, 0) is 73.5 Å². The fourth-order valence-electron chi connectivity index (χ4n) is 5.43. The molecule has 1 aromatic heterocycles. The fourth-order valence-corrected chi connectivity index (χ4v) is 6.69. The van der Waals surface area contributed by atoms with Gasteiger partial charge < -0.3 is 9.80 Å². The Hall–Kier alpha value is -2.94. The molecule has 0 radical (unpaired) electrons. The van der Waals surface area contributed by atoms with E-state index in [9.17, 15) is 4.79 Å². The van der Waals surface area contributed by atoms with Crippen LogP contribution in [-0.2, 0) is 4.79 Å². The number of likely N-dealkylation sites (tertiary alicyclic amines) is 1. The summed E-state index contributed by atoms with van der Waals surface area (Å²) < 4.78 is 0. The normalized spacial score (nSPS) is 19.7. The number of nitrogens with zero attached hydrogens (tertiary/aromatic N) is 6. The number of carbonyl (C=O) groups is 1. The Labute approximate surface area is 232 Å². The van der Waals surface area contributed by atoms with Crippen molar-refractivity contribution in [3.63, 3.8) is 0 Å². The zero-order valence-electron chi connectivity index (χ0n) is 21.6. The molecule has 2 fully saturated rings. The van der Waals surface area contributed by atoms with Gasteiger partial charge in [0.15, 0.2) is 5.17 Å². The molecule has 0 atom stereocenters. The Kier molecular flexibility index (Phi) is 7.37. The lowest BCUT2D eigenvalue weighted by Gasteiger charge is -2.36. The predicted octanol–water partition coefficient (Wildman–Crippen LogP) is 5.55. The molecule has 1 amide bonds. The topological polar surface area (TPSA) is 64.9 Å². The van der Waals surface area contributed by atoms with Gasteiger partial charge in [0.1, 0.15) is 6.33 Å². The van der Waals surface area contributed by atoms with Crippen LogP contribution in [0.5, 0.6) is 0 Å². The van der Waals surface area contributed by atoms with Crippen LogP contribution in [-0.4, -0.2) is 76.7 Å². The summed E-state index contributed by atoms with van der Waals surface area (Å²) >= 11 is 8.29. The van der Waals surface area contributed by atoms with Crippen LogP contribution in [0.2, 0.25) is 5.02 Å². The molecule has 3 aliphatic heterocycles. The number of amidine groups is 1. The Balaban J connectivity index is 1.26. The molecule has 0 N–H and O–H groups in total. The maximum atomic E-state index is 12.6. The molecular weight excluding hydrogens is 516 g/mol. The highest BCUT2D eigenvalue weighted by molar-refractivity contribution is 8.18. The van der Waals surface area contributed by atoms with Crippen molar-refractivity contribution in [3.8, 4) is 11.3 Å². The molecule has 38 heavy (non-hydrogen) atoms. The van der Waals surface area contributed by atoms with Crippen molar-refractivity contribution in [1.82, 2.24) is 19.8 Å². The van der Waals surface area contributed by atoms with Crippen LogP contribution in [0.25, 0.3) is 28.2 Å². The SMILES string of the molecule is CCCN1CCN(c2ccc(-c3ncnc4ccc(/C=C5\SC(N6CCCC6)=NC5=O)cc34)cc2Cl)CC1. The van der Waals surface area contributed by atoms with Gasteiger partial charge >= 0.3 is 0 Å². The number of piperazine rings is 1. The van der Waals surface area contributed by atoms with Crippen molar-refractivity contribution in [2.75, 3.05) is 50.7 Å². The number of rotatable bonds is 5. The van der Waals surface area contributed by atoms with Crippen LogP contribution >= 0.6 is 23.4 Å². The Bertz CT molecular complexity index is 1430. The number of thioether (sulfide) groups is 1. The molecule has 9 heteroatoms. The number of hydrogen-bond donors (Lipinski definition) is 0. The number of hydrogen-bond acceptors (Lipinski definition) is 7. The summed E-state index contributed by atoms with van der Waals surface area (Å²) in [5, 5.41) is 2.48. The lowest BCUT2D eigenvalue weighted by atomic mass is 10.0. The summed E-state index contributed by atoms with van der Waals surface area (Å²) in [4.78, 5) is 33.7. The monoisotopic (exact) mass is 546 g/mol. The van der Waals surface area contributed by atoms with Crippen LogP contribution in [0, 0.1) is 0 Å². The zero-order chi connectivity index (χ0) is 26.1. The third-order valence-corrected chi connectivity index (χ3v) is 8.76. The highest BCUT2D eigenvalue weighted by Gasteiger charge is 2.27. The summed E-state index contributed by atoms with van der Waals surface area (Å²) in [5.74, 6) is -0.167. The summed E-state index contributed by atoms with van der Waals surface area (Å²) in [6, 6.07) is 12.2. The van der Waals surface area contributed by atoms with Gasteiger partial charge in [-0.15, -0.1) is 0 Å². The fraction of sp³-hybridized carbons (Fsp3) is 0.379. The quantitative estimate of drug-likeness (QED) is 0.389. The molecule has 0 aliphatic carbocycles. The first-order chi connectivity index (χ1) is 18.6. The number of amides is 1. The minimum absolute atomic E-state index is 0.167. The van der Waals surface area contributed by atoms with Crippen molar-refractivity contribution in [2.24, 2.45) is 4.99 Å². The third kappa shape index (κ3) is 5.17. The van der Waals surface area contributed by atoms with E-state index in [2.05, 4.69) is 48.7 Å². The molecular formula is C29H31ClN6OS. The summed E-state index contributed by atoms with van der Waals surface area (Å²) in [7, 11) is 0. The average molecular weight is 547 g/mol. The van der Waals surface area contributed by atoms with Gasteiger partial charge in [0.25, 0.3) is 5.91 Å². The van der Waals surface area contributed by atoms with Crippen molar-refractivity contribution < 1.29 is 4.79 Å². The molecule has 6 rings (SSSR count). The molecule has 2 aromatic carbocycles. The molecule has 3 aliphatic rings. The van der Waals surface area contributed by atoms with Crippen LogP contribution in [0.3, 0.4) is 0 Å². The second kappa shape index (κ2) is 11.0. The number of carbonyl (C=O) groups excluding carboxylic acids is 1. The molecule has 0 spiro atoms. The van der Waals surface area contributed by atoms with E-state index in [-0.39, 0.29) is 5.91 Å². The summed E-state index contributed by atoms with van der Waals surface area (Å²) in [5.41, 5.74) is 4.63. The van der Waals surface area contributed by atoms with Crippen molar-refractivity contribution in [1.29, 1.82) is 0 Å². The van der Waals surface area contributed by atoms with E-state index in [1.165, 1.54) is 18.2 Å². The number of aromatic nitrogens is 2. The standard InChI is InChI=1S/C29H31ClN6OS/c1-2-9-34-12-14-35(15-13-34)25-8-6-21(18-23(25)30)27-22-16-20(5-7-24(22)31-19-32-27)17-26-28(37)33-29(38-26)36-10-3-4-11-36/h5-8,16-19H,2-4,9-15H2,1H3/b26-17-. The van der Waals surface area contributed by atoms with Crippen molar-refractivity contribution >= 4 is 57.1 Å². The second-order valence-corrected chi connectivity index (χ2v) is 11.4. The maximum Gasteiger partial charge on any atom is 0.286 e. The summed E-state index contributed by atoms with van der Waals surface area (Å²) in [6.45, 7) is 9.41. The first-order valence-corrected chi connectivity index (χ1v) is 14.6. The number of anilines is 1. The highest BCUT2D eigenvalue weighted by atomic mass is 35.5. The predicted molar refractivity (Wildman–Crippen MR) is 158 cm³/mol. The van der Waals surface area contributed by atoms with E-state index in [0.29, 0.717) is 4.91 Å². The average Bonchev–Trinajstić information content (AvgIpc) is 3.59. The minimum Gasteiger partial charge on any atom is -0.368 e. The van der Waals surface area contributed by atoms with Crippen molar-refractivity contribution in [3.05, 3.63) is 58.2 Å². The lowest BCUT2D eigenvalue weighted by molar-refractivity contribution is -0.113. The van der Waals surface area contributed by atoms with Crippen LogP contribution in [0.15, 0.2) is 52.6 Å². The molecule has 0 bridgehead atoms. The Morgan fingerprint density at radius 1 is 0.974 bits per heavy atom. The third-order valence-electron chi connectivity index (χ3n) is 7.42. The van der Waals surface area contributed by atoms with E-state index in [4.69, 9.17) is 11.6 Å². The molecule has 196 valence electrons. The number of aliphatic imine (C=N–C) groups is 1. The van der Waals surface area contributed by atoms with Gasteiger partial charge in [-0.2, -0.15) is 4.99 Å². The molecule has 4 heterocycles. The highest BCUT2D eigenvalue weighted by Crippen LogP contribution is 2.35. The van der Waals surface area contributed by atoms with Crippen molar-refractivity contribution in [2.45, 2.75) is 26.2 Å². The van der Waals surface area contributed by atoms with Crippen LogP contribution in [0.1, 0.15) is 31.7 Å². The number of fused-ring (bicyclic) bond motifs is 1. The lowest BCUT2D eigenvalue weighted by Crippen LogP contribution is -2.46. The molecule has 3 aromatic rings. The van der Waals surface area contributed by atoms with Gasteiger partial charge in [-0.1, -0.05) is 30.7 Å². The van der Waals surface area contributed by atoms with Crippen LogP contribution in [0.4, 0.5) is 5.69 Å². The summed E-state index contributed by atoms with van der Waals surface area (Å²) in [6.07, 6.45) is 7.01. The van der Waals surface area contributed by atoms with Gasteiger partial charge in [-0.25, -0.2) is 9.97 Å². The van der Waals surface area contributed by atoms with E-state index in [1.807, 2.05) is 30.3 Å². The molecule has 0 unspecified atom stereocenters. The molecule has 7 nitrogen and oxygen atoms in total. The first kappa shape index (κ1) is 25.3. The molecule has 0 saturated carbocycles. The smallest absolute Gasteiger partial charge is 0.286 e. The Morgan fingerprint density at radius 2 is 1.79 bits per heavy atom. The van der Waals surface area contributed by atoms with Gasteiger partial charge in [0, 0.05) is 50.2 Å². The maximum absolute atomic E-state index is 12.6. The van der Waals surface area contributed by atoms with E-state index < -0.39 is 0 Å². The molecule has 2 saturated heterocycles. The minimum atomic E-state index is -0.167. The second-order valence-electron chi connectivity index (χ2n) is 10.00. The first-order valence-electron chi connectivity index (χ1n) is 13.4. The number of halogens is 1. The van der Waals surface area contributed by atoms with Gasteiger partial charge in [-0.3, -0.25) is 9.69 Å². The zero-order valence-corrected chi connectivity index (χ0v) is 23.1. The number of benzene rings is 2. The van der Waals surface area contributed by atoms with Gasteiger partial charge in [0.05, 0.1) is 26.8 Å². The van der Waals surface area contributed by atoms with E-state index in [1.54, 1.807) is 6.33 Å². The van der Waals surface area contributed by atoms with Crippen LogP contribution < -0.4 is 4.90 Å². The Morgan fingerprint density at radius 3 is 2.55 bits per heavy atom. The largest absolute Gasteiger partial charge is 0.368 e. The van der Waals surface area contributed by atoms with E-state index in [0.717, 1.165) is 102 Å². The van der Waals surface area contributed by atoms with E-state index >= 15 is 0 Å².